The molecule has 0 rings (SSSR count). The van der Waals surface area contributed by atoms with E-state index in [0.717, 1.165) is 12.8 Å². The Morgan fingerprint density at radius 1 is 1.20 bits per heavy atom. The minimum Gasteiger partial charge on any atom is -0.329 e. The maximum atomic E-state index is 11.8. The fourth-order valence-electron chi connectivity index (χ4n) is 2.14. The summed E-state index contributed by atoms with van der Waals surface area (Å²) in [7, 11) is 0. The van der Waals surface area contributed by atoms with Gasteiger partial charge in [-0.2, -0.15) is 0 Å². The molecule has 0 fully saturated rings. The van der Waals surface area contributed by atoms with Gasteiger partial charge < -0.3 is 5.32 Å². The van der Waals surface area contributed by atoms with Crippen molar-refractivity contribution in [3.63, 3.8) is 0 Å². The van der Waals surface area contributed by atoms with Crippen LogP contribution in [-0.4, -0.2) is 12.7 Å². The lowest BCUT2D eigenvalue weighted by atomic mass is 9.74. The number of nitrogens with one attached hydrogen (secondary N) is 1. The van der Waals surface area contributed by atoms with E-state index in [1.165, 1.54) is 0 Å². The molecule has 1 amide bonds. The maximum absolute atomic E-state index is 11.8. The first-order chi connectivity index (χ1) is 6.66. The Hall–Kier alpha value is -0.600. The molecule has 0 aromatic carbocycles. The number of amides is 1. The van der Waals surface area contributed by atoms with Gasteiger partial charge in [0.1, 0.15) is 0 Å². The highest BCUT2D eigenvalue weighted by Crippen LogP contribution is 2.36. The molecule has 0 aliphatic carbocycles. The monoisotopic (exact) mass is 217 g/mol. The number of carbonyl (C=O) groups is 1. The van der Waals surface area contributed by atoms with Crippen LogP contribution in [0.1, 0.15) is 53.9 Å². The summed E-state index contributed by atoms with van der Waals surface area (Å²) in [4.78, 5) is 11.1. The molecule has 0 saturated carbocycles. The Kier molecular flexibility index (Phi) is 5.26. The van der Waals surface area contributed by atoms with Crippen LogP contribution in [0.4, 0.5) is 4.39 Å². The Labute approximate surface area is 92.6 Å². The van der Waals surface area contributed by atoms with Crippen molar-refractivity contribution >= 4 is 5.91 Å². The lowest BCUT2D eigenvalue weighted by molar-refractivity contribution is -0.122. The van der Waals surface area contributed by atoms with Gasteiger partial charge in [0.2, 0.25) is 5.91 Å². The van der Waals surface area contributed by atoms with Gasteiger partial charge in [0.05, 0.1) is 0 Å². The van der Waals surface area contributed by atoms with E-state index in [4.69, 9.17) is 0 Å². The van der Waals surface area contributed by atoms with Gasteiger partial charge in [-0.15, -0.1) is 0 Å². The zero-order valence-corrected chi connectivity index (χ0v) is 10.6. The van der Waals surface area contributed by atoms with Gasteiger partial charge in [-0.25, -0.2) is 4.39 Å². The van der Waals surface area contributed by atoms with Crippen LogP contribution in [0.15, 0.2) is 0 Å². The summed E-state index contributed by atoms with van der Waals surface area (Å²) in [6.45, 7) is 10.1. The summed E-state index contributed by atoms with van der Waals surface area (Å²) in [5.41, 5.74) is 0.395. The molecule has 3 heteroatoms. The highest BCUT2D eigenvalue weighted by Gasteiger charge is 2.25. The first-order valence-corrected chi connectivity index (χ1v) is 5.49. The van der Waals surface area contributed by atoms with Crippen molar-refractivity contribution in [2.45, 2.75) is 53.9 Å². The summed E-state index contributed by atoms with van der Waals surface area (Å²) < 4.78 is 11.8. The second kappa shape index (κ2) is 5.47. The molecule has 0 aromatic heterocycles. The first-order valence-electron chi connectivity index (χ1n) is 5.49. The molecule has 0 aliphatic heterocycles. The first kappa shape index (κ1) is 14.4. The molecular formula is C12H24FNO. The zero-order valence-electron chi connectivity index (χ0n) is 10.6. The van der Waals surface area contributed by atoms with Gasteiger partial charge in [0.25, 0.3) is 0 Å². The van der Waals surface area contributed by atoms with Crippen LogP contribution in [0.2, 0.25) is 0 Å². The fourth-order valence-corrected chi connectivity index (χ4v) is 2.14. The molecule has 1 N–H and O–H groups in total. The lowest BCUT2D eigenvalue weighted by Gasteiger charge is -2.32. The third kappa shape index (κ3) is 8.40. The number of rotatable bonds is 5. The smallest absolute Gasteiger partial charge is 0.222 e. The molecule has 2 nitrogen and oxygen atoms in total. The van der Waals surface area contributed by atoms with Crippen LogP contribution in [0.3, 0.4) is 0 Å². The van der Waals surface area contributed by atoms with E-state index in [1.54, 1.807) is 0 Å². The molecule has 0 spiro atoms. The number of hydrogen-bond acceptors (Lipinski definition) is 1. The van der Waals surface area contributed by atoms with Crippen LogP contribution in [0.5, 0.6) is 0 Å². The highest BCUT2D eigenvalue weighted by molar-refractivity contribution is 5.75. The highest BCUT2D eigenvalue weighted by atomic mass is 19.1. The van der Waals surface area contributed by atoms with Gasteiger partial charge in [0.15, 0.2) is 6.80 Å². The minimum atomic E-state index is -0.765. The fraction of sp³-hybridized carbons (Fsp3) is 0.917. The molecule has 0 saturated heterocycles. The largest absolute Gasteiger partial charge is 0.329 e. The number of hydrogen-bond donors (Lipinski definition) is 1. The predicted molar refractivity (Wildman–Crippen MR) is 61.2 cm³/mol. The van der Waals surface area contributed by atoms with Crippen molar-refractivity contribution in [1.82, 2.24) is 5.32 Å². The van der Waals surface area contributed by atoms with Gasteiger partial charge in [-0.05, 0) is 23.7 Å². The van der Waals surface area contributed by atoms with E-state index in [-0.39, 0.29) is 16.7 Å². The molecule has 0 heterocycles. The molecule has 0 unspecified atom stereocenters. The van der Waals surface area contributed by atoms with Crippen molar-refractivity contribution in [3.8, 4) is 0 Å². The van der Waals surface area contributed by atoms with Gasteiger partial charge in [0, 0.05) is 6.42 Å². The third-order valence-corrected chi connectivity index (χ3v) is 2.30. The van der Waals surface area contributed by atoms with E-state index < -0.39 is 6.80 Å². The van der Waals surface area contributed by atoms with E-state index >= 15 is 0 Å². The molecular weight excluding hydrogens is 193 g/mol. The van der Waals surface area contributed by atoms with Crippen LogP contribution in [-0.2, 0) is 4.79 Å². The zero-order chi connectivity index (χ0) is 12.1. The molecule has 15 heavy (non-hydrogen) atoms. The molecule has 0 atom stereocenters. The quantitative estimate of drug-likeness (QED) is 0.703. The minimum absolute atomic E-state index is 0.131. The van der Waals surface area contributed by atoms with Crippen molar-refractivity contribution in [3.05, 3.63) is 0 Å². The van der Waals surface area contributed by atoms with Gasteiger partial charge in [-0.3, -0.25) is 4.79 Å². The average molecular weight is 217 g/mol. The van der Waals surface area contributed by atoms with E-state index in [1.807, 2.05) is 0 Å². The summed E-state index contributed by atoms with van der Waals surface area (Å²) in [6, 6.07) is 0. The van der Waals surface area contributed by atoms with Gasteiger partial charge >= 0.3 is 0 Å². The molecule has 0 aromatic rings. The predicted octanol–water partition coefficient (Wildman–Crippen LogP) is 3.27. The maximum Gasteiger partial charge on any atom is 0.222 e. The van der Waals surface area contributed by atoms with E-state index in [9.17, 15) is 9.18 Å². The number of carbonyl (C=O) groups excluding carboxylic acids is 1. The lowest BCUT2D eigenvalue weighted by Crippen LogP contribution is -2.26. The molecule has 0 radical (unpaired) electrons. The Bertz CT molecular complexity index is 206. The second-order valence-electron chi connectivity index (χ2n) is 6.14. The van der Waals surface area contributed by atoms with E-state index in [0.29, 0.717) is 6.42 Å². The number of alkyl halides is 1. The molecule has 0 aliphatic rings. The topological polar surface area (TPSA) is 29.1 Å². The van der Waals surface area contributed by atoms with Crippen LogP contribution in [0, 0.1) is 10.8 Å². The van der Waals surface area contributed by atoms with Gasteiger partial charge in [-0.1, -0.05) is 34.6 Å². The summed E-state index contributed by atoms with van der Waals surface area (Å²) >= 11 is 0. The van der Waals surface area contributed by atoms with Crippen LogP contribution in [0.25, 0.3) is 0 Å². The van der Waals surface area contributed by atoms with Crippen LogP contribution < -0.4 is 5.32 Å². The SMILES string of the molecule is CC(C)(C)CC(C)(C)CCC(=O)NCF. The summed E-state index contributed by atoms with van der Waals surface area (Å²) in [5, 5.41) is 2.18. The third-order valence-electron chi connectivity index (χ3n) is 2.30. The Morgan fingerprint density at radius 3 is 2.13 bits per heavy atom. The normalized spacial score (nSPS) is 12.7. The molecule has 0 bridgehead atoms. The Morgan fingerprint density at radius 2 is 1.73 bits per heavy atom. The molecule has 90 valence electrons. The standard InChI is InChI=1S/C12H24FNO/c1-11(2,3)8-12(4,5)7-6-10(15)14-9-13/h6-9H2,1-5H3,(H,14,15). The van der Waals surface area contributed by atoms with Crippen LogP contribution >= 0.6 is 0 Å². The summed E-state index contributed by atoms with van der Waals surface area (Å²) in [6.07, 6.45) is 2.27. The number of halogens is 1. The van der Waals surface area contributed by atoms with Crippen molar-refractivity contribution in [1.29, 1.82) is 0 Å². The van der Waals surface area contributed by atoms with E-state index in [2.05, 4.69) is 39.9 Å². The Balaban J connectivity index is 3.99. The second-order valence-corrected chi connectivity index (χ2v) is 6.14. The average Bonchev–Trinajstić information content (AvgIpc) is 1.97. The van der Waals surface area contributed by atoms with Crippen molar-refractivity contribution < 1.29 is 9.18 Å². The summed E-state index contributed by atoms with van der Waals surface area (Å²) in [5.74, 6) is -0.195. The van der Waals surface area contributed by atoms with Crippen molar-refractivity contribution in [2.24, 2.45) is 10.8 Å². The van der Waals surface area contributed by atoms with Crippen molar-refractivity contribution in [2.75, 3.05) is 6.80 Å².